The van der Waals surface area contributed by atoms with Gasteiger partial charge in [-0.3, -0.25) is 4.79 Å². The largest absolute Gasteiger partial charge is 0.349 e. The minimum absolute atomic E-state index is 0.0201. The molecule has 0 spiro atoms. The van der Waals surface area contributed by atoms with Crippen molar-refractivity contribution >= 4 is 5.91 Å². The van der Waals surface area contributed by atoms with Crippen molar-refractivity contribution in [2.24, 2.45) is 23.5 Å². The lowest BCUT2D eigenvalue weighted by molar-refractivity contribution is -0.127. The molecule has 3 aliphatic rings. The second-order valence-electron chi connectivity index (χ2n) is 6.88. The van der Waals surface area contributed by atoms with Crippen molar-refractivity contribution in [3.05, 3.63) is 35.1 Å². The van der Waals surface area contributed by atoms with Gasteiger partial charge in [-0.05, 0) is 67.2 Å². The summed E-state index contributed by atoms with van der Waals surface area (Å²) in [5.74, 6) is 0.899. The molecule has 3 aliphatic carbocycles. The highest BCUT2D eigenvalue weighted by atomic mass is 19.1. The molecule has 3 nitrogen and oxygen atoms in total. The van der Waals surface area contributed by atoms with Crippen LogP contribution < -0.4 is 11.1 Å². The molecular formula is C17H21FN2O. The molecule has 2 bridgehead atoms. The van der Waals surface area contributed by atoms with Crippen LogP contribution in [0.5, 0.6) is 0 Å². The Morgan fingerprint density at radius 2 is 2.05 bits per heavy atom. The quantitative estimate of drug-likeness (QED) is 0.877. The van der Waals surface area contributed by atoms with Gasteiger partial charge in [0.15, 0.2) is 0 Å². The molecular weight excluding hydrogens is 267 g/mol. The van der Waals surface area contributed by atoms with Crippen molar-refractivity contribution < 1.29 is 9.18 Å². The monoisotopic (exact) mass is 288 g/mol. The summed E-state index contributed by atoms with van der Waals surface area (Å²) in [7, 11) is 0. The molecule has 2 fully saturated rings. The van der Waals surface area contributed by atoms with E-state index in [0.717, 1.165) is 36.8 Å². The molecule has 21 heavy (non-hydrogen) atoms. The first-order valence-corrected chi connectivity index (χ1v) is 7.98. The van der Waals surface area contributed by atoms with Crippen molar-refractivity contribution in [2.45, 2.75) is 44.2 Å². The summed E-state index contributed by atoms with van der Waals surface area (Å²) in [4.78, 5) is 12.6. The molecule has 1 amide bonds. The molecule has 2 saturated carbocycles. The molecule has 0 aliphatic heterocycles. The number of rotatable bonds is 2. The van der Waals surface area contributed by atoms with Crippen molar-refractivity contribution in [1.29, 1.82) is 0 Å². The molecule has 5 unspecified atom stereocenters. The van der Waals surface area contributed by atoms with Crippen LogP contribution in [0.25, 0.3) is 0 Å². The van der Waals surface area contributed by atoms with E-state index < -0.39 is 0 Å². The molecule has 3 N–H and O–H groups in total. The number of hydrogen-bond acceptors (Lipinski definition) is 2. The number of carbonyl (C=O) groups is 1. The van der Waals surface area contributed by atoms with Crippen molar-refractivity contribution in [1.82, 2.24) is 5.32 Å². The van der Waals surface area contributed by atoms with E-state index >= 15 is 0 Å². The van der Waals surface area contributed by atoms with E-state index in [1.165, 1.54) is 12.5 Å². The number of aryl methyl sites for hydroxylation is 1. The molecule has 0 saturated heterocycles. The number of hydrogen-bond donors (Lipinski definition) is 2. The third-order valence-corrected chi connectivity index (χ3v) is 5.78. The molecule has 0 radical (unpaired) electrons. The molecule has 4 heteroatoms. The van der Waals surface area contributed by atoms with E-state index in [1.807, 2.05) is 6.07 Å². The minimum Gasteiger partial charge on any atom is -0.349 e. The Balaban J connectivity index is 1.49. The van der Waals surface area contributed by atoms with Gasteiger partial charge < -0.3 is 11.1 Å². The Kier molecular flexibility index (Phi) is 3.03. The smallest absolute Gasteiger partial charge is 0.225 e. The highest BCUT2D eigenvalue weighted by molar-refractivity contribution is 5.81. The van der Waals surface area contributed by atoms with Gasteiger partial charge in [-0.1, -0.05) is 6.07 Å². The third kappa shape index (κ3) is 2.08. The number of halogens is 1. The normalized spacial score (nSPS) is 36.8. The number of carbonyl (C=O) groups excluding carboxylic acids is 1. The van der Waals surface area contributed by atoms with Crippen LogP contribution in [-0.2, 0) is 11.2 Å². The first-order valence-electron chi connectivity index (χ1n) is 7.98. The summed E-state index contributed by atoms with van der Waals surface area (Å²) >= 11 is 0. The van der Waals surface area contributed by atoms with Crippen molar-refractivity contribution in [2.75, 3.05) is 0 Å². The Bertz CT molecular complexity index is 586. The van der Waals surface area contributed by atoms with E-state index in [-0.39, 0.29) is 29.7 Å². The van der Waals surface area contributed by atoms with Crippen LogP contribution in [0.1, 0.15) is 42.9 Å². The van der Waals surface area contributed by atoms with Crippen molar-refractivity contribution in [3.8, 4) is 0 Å². The van der Waals surface area contributed by atoms with Gasteiger partial charge in [-0.2, -0.15) is 0 Å². The van der Waals surface area contributed by atoms with Crippen LogP contribution >= 0.6 is 0 Å². The Morgan fingerprint density at radius 1 is 1.24 bits per heavy atom. The van der Waals surface area contributed by atoms with Gasteiger partial charge in [0.05, 0.1) is 12.0 Å². The Labute approximate surface area is 124 Å². The number of nitrogens with one attached hydrogen (secondary N) is 1. The number of benzene rings is 1. The number of nitrogens with two attached hydrogens (primary N) is 1. The fourth-order valence-corrected chi connectivity index (χ4v) is 4.73. The fourth-order valence-electron chi connectivity index (χ4n) is 4.73. The Morgan fingerprint density at radius 3 is 2.81 bits per heavy atom. The maximum Gasteiger partial charge on any atom is 0.225 e. The van der Waals surface area contributed by atoms with E-state index in [2.05, 4.69) is 5.32 Å². The van der Waals surface area contributed by atoms with E-state index in [0.29, 0.717) is 11.8 Å². The maximum absolute atomic E-state index is 13.2. The third-order valence-electron chi connectivity index (χ3n) is 5.78. The molecule has 112 valence electrons. The topological polar surface area (TPSA) is 55.1 Å². The second-order valence-corrected chi connectivity index (χ2v) is 6.88. The van der Waals surface area contributed by atoms with Crippen LogP contribution in [0.4, 0.5) is 4.39 Å². The van der Waals surface area contributed by atoms with Gasteiger partial charge in [0, 0.05) is 6.04 Å². The lowest BCUT2D eigenvalue weighted by Crippen LogP contribution is -2.45. The zero-order chi connectivity index (χ0) is 14.6. The van der Waals surface area contributed by atoms with Gasteiger partial charge in [-0.15, -0.1) is 0 Å². The van der Waals surface area contributed by atoms with E-state index in [9.17, 15) is 9.18 Å². The van der Waals surface area contributed by atoms with Crippen LogP contribution in [0.3, 0.4) is 0 Å². The fraction of sp³-hybridized carbons (Fsp3) is 0.588. The van der Waals surface area contributed by atoms with Gasteiger partial charge in [-0.25, -0.2) is 4.39 Å². The molecule has 1 aromatic rings. The van der Waals surface area contributed by atoms with Crippen LogP contribution in [0, 0.1) is 23.6 Å². The average Bonchev–Trinajstić information content (AvgIpc) is 3.13. The summed E-state index contributed by atoms with van der Waals surface area (Å²) in [5.41, 5.74) is 8.34. The van der Waals surface area contributed by atoms with Gasteiger partial charge in [0.1, 0.15) is 5.82 Å². The molecule has 4 rings (SSSR count). The predicted octanol–water partition coefficient (Wildman–Crippen LogP) is 2.30. The summed E-state index contributed by atoms with van der Waals surface area (Å²) in [6, 6.07) is 4.93. The highest BCUT2D eigenvalue weighted by Gasteiger charge is 2.49. The van der Waals surface area contributed by atoms with Crippen LogP contribution in [0.15, 0.2) is 18.2 Å². The zero-order valence-electron chi connectivity index (χ0n) is 12.0. The van der Waals surface area contributed by atoms with Gasteiger partial charge in [0.25, 0.3) is 0 Å². The van der Waals surface area contributed by atoms with Crippen molar-refractivity contribution in [3.63, 3.8) is 0 Å². The van der Waals surface area contributed by atoms with Gasteiger partial charge >= 0.3 is 0 Å². The lowest BCUT2D eigenvalue weighted by atomic mass is 9.84. The zero-order valence-corrected chi connectivity index (χ0v) is 12.0. The van der Waals surface area contributed by atoms with Gasteiger partial charge in [0.2, 0.25) is 5.91 Å². The average molecular weight is 288 g/mol. The number of fused-ring (bicyclic) bond motifs is 3. The molecule has 5 atom stereocenters. The SMILES string of the molecule is NC1C2CCC(C2)C1C(=O)NC1CCc2cc(F)ccc21. The second kappa shape index (κ2) is 4.80. The molecule has 0 heterocycles. The molecule has 0 aromatic heterocycles. The maximum atomic E-state index is 13.2. The predicted molar refractivity (Wildman–Crippen MR) is 77.9 cm³/mol. The summed E-state index contributed by atoms with van der Waals surface area (Å²) in [5, 5.41) is 3.17. The number of amides is 1. The van der Waals surface area contributed by atoms with E-state index in [4.69, 9.17) is 5.73 Å². The molecule has 1 aromatic carbocycles. The summed E-state index contributed by atoms with van der Waals surface area (Å²) in [6.45, 7) is 0. The highest BCUT2D eigenvalue weighted by Crippen LogP contribution is 2.48. The Hall–Kier alpha value is -1.42. The standard InChI is InChI=1S/C17H21FN2O/c18-12-4-5-13-9(8-12)3-6-14(13)20-17(21)15-10-1-2-11(7-10)16(15)19/h4-5,8,10-11,14-16H,1-3,6-7,19H2,(H,20,21). The summed E-state index contributed by atoms with van der Waals surface area (Å²) < 4.78 is 13.2. The van der Waals surface area contributed by atoms with E-state index in [1.54, 1.807) is 6.07 Å². The lowest BCUT2D eigenvalue weighted by Gasteiger charge is -2.28. The van der Waals surface area contributed by atoms with Crippen LogP contribution in [0.2, 0.25) is 0 Å². The first kappa shape index (κ1) is 13.3. The summed E-state index contributed by atoms with van der Waals surface area (Å²) in [6.07, 6.45) is 5.14. The minimum atomic E-state index is -0.198. The van der Waals surface area contributed by atoms with Crippen LogP contribution in [-0.4, -0.2) is 11.9 Å². The first-order chi connectivity index (χ1) is 10.1.